The monoisotopic (exact) mass is 237 g/mol. The Balaban J connectivity index is 2.89. The highest BCUT2D eigenvalue weighted by molar-refractivity contribution is 7.20. The van der Waals surface area contributed by atoms with E-state index in [-0.39, 0.29) is 5.56 Å². The van der Waals surface area contributed by atoms with E-state index in [4.69, 9.17) is 5.73 Å². The number of thiophene rings is 1. The van der Waals surface area contributed by atoms with Crippen LogP contribution in [0.3, 0.4) is 0 Å². The van der Waals surface area contributed by atoms with Crippen LogP contribution >= 0.6 is 11.3 Å². The molecular formula is C10H11N3O2S. The number of carbonyl (C=O) groups is 1. The summed E-state index contributed by atoms with van der Waals surface area (Å²) in [5.41, 5.74) is 5.75. The Morgan fingerprint density at radius 1 is 1.62 bits per heavy atom. The lowest BCUT2D eigenvalue weighted by Gasteiger charge is -1.99. The van der Waals surface area contributed by atoms with Gasteiger partial charge in [0.15, 0.2) is 0 Å². The average molecular weight is 237 g/mol. The van der Waals surface area contributed by atoms with Gasteiger partial charge in [0.25, 0.3) is 11.5 Å². The van der Waals surface area contributed by atoms with Gasteiger partial charge in [-0.25, -0.2) is 4.98 Å². The lowest BCUT2D eigenvalue weighted by Crippen LogP contribution is -2.19. The number of carbonyl (C=O) groups excluding carboxylic acids is 1. The van der Waals surface area contributed by atoms with Crippen molar-refractivity contribution in [2.24, 2.45) is 5.73 Å². The summed E-state index contributed by atoms with van der Waals surface area (Å²) >= 11 is 1.17. The molecule has 0 aromatic carbocycles. The van der Waals surface area contributed by atoms with Crippen LogP contribution in [0, 0.1) is 6.92 Å². The Morgan fingerprint density at radius 3 is 2.88 bits per heavy atom. The first-order valence-corrected chi connectivity index (χ1v) is 5.66. The minimum atomic E-state index is -0.511. The maximum Gasteiger partial charge on any atom is 0.262 e. The summed E-state index contributed by atoms with van der Waals surface area (Å²) < 4.78 is 1.51. The van der Waals surface area contributed by atoms with E-state index in [1.54, 1.807) is 6.92 Å². The Hall–Kier alpha value is -1.69. The Labute approximate surface area is 95.5 Å². The minimum Gasteiger partial charge on any atom is -0.365 e. The number of aromatic nitrogens is 2. The molecule has 1 amide bonds. The van der Waals surface area contributed by atoms with Crippen molar-refractivity contribution in [1.29, 1.82) is 0 Å². The van der Waals surface area contributed by atoms with Crippen molar-refractivity contribution in [1.82, 2.24) is 9.55 Å². The number of nitrogens with two attached hydrogens (primary N) is 1. The number of rotatable bonds is 2. The lowest BCUT2D eigenvalue weighted by molar-refractivity contribution is 0.100. The van der Waals surface area contributed by atoms with Crippen molar-refractivity contribution in [3.05, 3.63) is 27.1 Å². The van der Waals surface area contributed by atoms with Crippen LogP contribution in [0.4, 0.5) is 0 Å². The number of aryl methyl sites for hydroxylation is 2. The van der Waals surface area contributed by atoms with E-state index in [1.807, 2.05) is 6.92 Å². The van der Waals surface area contributed by atoms with E-state index < -0.39 is 5.91 Å². The third-order valence-corrected chi connectivity index (χ3v) is 3.70. The molecule has 2 aromatic rings. The smallest absolute Gasteiger partial charge is 0.262 e. The quantitative estimate of drug-likeness (QED) is 0.842. The third kappa shape index (κ3) is 1.42. The summed E-state index contributed by atoms with van der Waals surface area (Å²) in [6.45, 7) is 4.15. The van der Waals surface area contributed by atoms with Crippen molar-refractivity contribution in [2.75, 3.05) is 0 Å². The summed E-state index contributed by atoms with van der Waals surface area (Å²) in [4.78, 5) is 28.3. The first-order chi connectivity index (χ1) is 7.56. The molecule has 2 heterocycles. The largest absolute Gasteiger partial charge is 0.365 e. The second-order valence-corrected chi connectivity index (χ2v) is 4.44. The highest BCUT2D eigenvalue weighted by Crippen LogP contribution is 2.25. The van der Waals surface area contributed by atoms with Crippen LogP contribution in [0.15, 0.2) is 11.1 Å². The van der Waals surface area contributed by atoms with Gasteiger partial charge >= 0.3 is 0 Å². The second kappa shape index (κ2) is 3.71. The zero-order valence-corrected chi connectivity index (χ0v) is 9.80. The Bertz CT molecular complexity index is 627. The predicted octanol–water partition coefficient (Wildman–Crippen LogP) is 0.885. The molecule has 16 heavy (non-hydrogen) atoms. The fourth-order valence-electron chi connectivity index (χ4n) is 1.62. The zero-order valence-electron chi connectivity index (χ0n) is 8.98. The molecule has 0 saturated carbocycles. The topological polar surface area (TPSA) is 78.0 Å². The Kier molecular flexibility index (Phi) is 2.51. The summed E-state index contributed by atoms with van der Waals surface area (Å²) in [7, 11) is 0. The zero-order chi connectivity index (χ0) is 11.9. The van der Waals surface area contributed by atoms with Crippen molar-refractivity contribution < 1.29 is 4.79 Å². The molecular weight excluding hydrogens is 226 g/mol. The first kappa shape index (κ1) is 10.8. The van der Waals surface area contributed by atoms with E-state index in [1.165, 1.54) is 22.2 Å². The SMILES string of the molecule is CCn1cnc2sc(C(N)=O)c(C)c2c1=O. The van der Waals surface area contributed by atoms with Gasteiger partial charge in [-0.1, -0.05) is 0 Å². The molecule has 0 aliphatic heterocycles. The molecule has 0 unspecified atom stereocenters. The molecule has 0 radical (unpaired) electrons. The van der Waals surface area contributed by atoms with Crippen molar-refractivity contribution in [3.63, 3.8) is 0 Å². The van der Waals surface area contributed by atoms with Gasteiger partial charge in [-0.3, -0.25) is 14.2 Å². The van der Waals surface area contributed by atoms with Crippen LogP contribution in [0.2, 0.25) is 0 Å². The van der Waals surface area contributed by atoms with Gasteiger partial charge in [0.1, 0.15) is 4.83 Å². The minimum absolute atomic E-state index is 0.117. The molecule has 0 bridgehead atoms. The van der Waals surface area contributed by atoms with E-state index in [0.717, 1.165) is 0 Å². The fourth-order valence-corrected chi connectivity index (χ4v) is 2.61. The van der Waals surface area contributed by atoms with Crippen LogP contribution < -0.4 is 11.3 Å². The van der Waals surface area contributed by atoms with Crippen LogP contribution in [-0.4, -0.2) is 15.5 Å². The van der Waals surface area contributed by atoms with Crippen molar-refractivity contribution >= 4 is 27.5 Å². The molecule has 0 fully saturated rings. The standard InChI is InChI=1S/C10H11N3O2S/c1-3-13-4-12-9-6(10(13)15)5(2)7(16-9)8(11)14/h4H,3H2,1-2H3,(H2,11,14). The van der Waals surface area contributed by atoms with Gasteiger partial charge in [-0.05, 0) is 19.4 Å². The van der Waals surface area contributed by atoms with Gasteiger partial charge in [-0.15, -0.1) is 11.3 Å². The number of hydrogen-bond acceptors (Lipinski definition) is 4. The number of fused-ring (bicyclic) bond motifs is 1. The summed E-state index contributed by atoms with van der Waals surface area (Å²) in [6, 6.07) is 0. The van der Waals surface area contributed by atoms with Crippen LogP contribution in [-0.2, 0) is 6.54 Å². The molecule has 84 valence electrons. The maximum absolute atomic E-state index is 12.0. The van der Waals surface area contributed by atoms with Gasteiger partial charge in [-0.2, -0.15) is 0 Å². The van der Waals surface area contributed by atoms with Crippen molar-refractivity contribution in [2.45, 2.75) is 20.4 Å². The molecule has 0 atom stereocenters. The average Bonchev–Trinajstić information content (AvgIpc) is 2.57. The van der Waals surface area contributed by atoms with Crippen LogP contribution in [0.5, 0.6) is 0 Å². The molecule has 5 nitrogen and oxygen atoms in total. The van der Waals surface area contributed by atoms with E-state index >= 15 is 0 Å². The van der Waals surface area contributed by atoms with E-state index in [9.17, 15) is 9.59 Å². The van der Waals surface area contributed by atoms with Crippen LogP contribution in [0.1, 0.15) is 22.2 Å². The third-order valence-electron chi connectivity index (χ3n) is 2.48. The fraction of sp³-hybridized carbons (Fsp3) is 0.300. The number of nitrogens with zero attached hydrogens (tertiary/aromatic N) is 2. The molecule has 2 N–H and O–H groups in total. The maximum atomic E-state index is 12.0. The first-order valence-electron chi connectivity index (χ1n) is 4.84. The number of amides is 1. The van der Waals surface area contributed by atoms with E-state index in [0.29, 0.717) is 27.2 Å². The molecule has 2 aromatic heterocycles. The molecule has 0 spiro atoms. The lowest BCUT2D eigenvalue weighted by atomic mass is 10.2. The Morgan fingerprint density at radius 2 is 2.31 bits per heavy atom. The molecule has 6 heteroatoms. The normalized spacial score (nSPS) is 10.9. The molecule has 0 aliphatic carbocycles. The second-order valence-electron chi connectivity index (χ2n) is 3.44. The van der Waals surface area contributed by atoms with Crippen molar-refractivity contribution in [3.8, 4) is 0 Å². The van der Waals surface area contributed by atoms with Gasteiger partial charge in [0, 0.05) is 6.54 Å². The molecule has 0 saturated heterocycles. The van der Waals surface area contributed by atoms with Gasteiger partial charge < -0.3 is 5.73 Å². The molecule has 0 aliphatic rings. The van der Waals surface area contributed by atoms with E-state index in [2.05, 4.69) is 4.98 Å². The summed E-state index contributed by atoms with van der Waals surface area (Å²) in [6.07, 6.45) is 1.49. The predicted molar refractivity (Wildman–Crippen MR) is 62.8 cm³/mol. The summed E-state index contributed by atoms with van der Waals surface area (Å²) in [5, 5.41) is 0.503. The van der Waals surface area contributed by atoms with Gasteiger partial charge in [0.2, 0.25) is 0 Å². The number of hydrogen-bond donors (Lipinski definition) is 1. The number of primary amides is 1. The van der Waals surface area contributed by atoms with Gasteiger partial charge in [0.05, 0.1) is 16.6 Å². The molecule has 2 rings (SSSR count). The van der Waals surface area contributed by atoms with Crippen LogP contribution in [0.25, 0.3) is 10.2 Å². The highest BCUT2D eigenvalue weighted by atomic mass is 32.1. The summed E-state index contributed by atoms with van der Waals surface area (Å²) in [5.74, 6) is -0.511. The highest BCUT2D eigenvalue weighted by Gasteiger charge is 2.16.